The van der Waals surface area contributed by atoms with Crippen molar-refractivity contribution in [2.75, 3.05) is 0 Å². The zero-order valence-corrected chi connectivity index (χ0v) is 18.8. The van der Waals surface area contributed by atoms with Gasteiger partial charge in [-0.1, -0.05) is 116 Å². The Hall–Kier alpha value is -1.12. The molecule has 0 spiro atoms. The number of nitrogens with zero attached hydrogens (tertiary/aromatic N) is 1. The molecule has 3 nitrogen and oxygen atoms in total. The maximum Gasteiger partial charge on any atom is 0.237 e. The Morgan fingerprint density at radius 2 is 0.966 bits per heavy atom. The lowest BCUT2D eigenvalue weighted by Crippen LogP contribution is -2.27. The summed E-state index contributed by atoms with van der Waals surface area (Å²) in [4.78, 5) is 26.1. The molecule has 1 aliphatic heterocycles. The Kier molecular flexibility index (Phi) is 12.3. The minimum absolute atomic E-state index is 0.00413. The third kappa shape index (κ3) is 9.05. The molecule has 1 saturated heterocycles. The average Bonchev–Trinajstić information content (AvgIpc) is 3.00. The van der Waals surface area contributed by atoms with E-state index < -0.39 is 0 Å². The number of carbonyl (C=O) groups excluding carboxylic acids is 2. The Morgan fingerprint density at radius 1 is 0.621 bits per heavy atom. The van der Waals surface area contributed by atoms with E-state index in [1.807, 2.05) is 0 Å². The molecule has 0 radical (unpaired) electrons. The number of carbonyl (C=O) groups is 2. The molecule has 0 aromatic heterocycles. The van der Waals surface area contributed by atoms with Crippen LogP contribution in [0, 0.1) is 11.8 Å². The molecule has 2 rings (SSSR count). The quantitative estimate of drug-likeness (QED) is 0.446. The van der Waals surface area contributed by atoms with Gasteiger partial charge in [0.2, 0.25) is 11.8 Å². The van der Waals surface area contributed by atoms with Crippen LogP contribution in [0.2, 0.25) is 0 Å². The number of hydrogen-bond donors (Lipinski definition) is 0. The van der Waals surface area contributed by atoms with Crippen molar-refractivity contribution in [1.82, 2.24) is 4.90 Å². The standard InChI is InChI=1S/C26H45NO2/c1-2-27-25(28)22-24(26(27)29)23-20-18-16-14-12-10-8-6-4-3-5-7-9-11-13-15-17-19-21-23/h2,23-24H,1,3-22H2. The second kappa shape index (κ2) is 14.8. The van der Waals surface area contributed by atoms with E-state index in [1.165, 1.54) is 120 Å². The molecule has 166 valence electrons. The molecule has 1 heterocycles. The van der Waals surface area contributed by atoms with Crippen LogP contribution < -0.4 is 0 Å². The van der Waals surface area contributed by atoms with Gasteiger partial charge in [-0.3, -0.25) is 14.5 Å². The lowest BCUT2D eigenvalue weighted by Gasteiger charge is -2.22. The van der Waals surface area contributed by atoms with Gasteiger partial charge in [-0.05, 0) is 18.8 Å². The van der Waals surface area contributed by atoms with Crippen molar-refractivity contribution >= 4 is 11.8 Å². The molecule has 2 fully saturated rings. The first-order valence-corrected chi connectivity index (χ1v) is 12.7. The van der Waals surface area contributed by atoms with Crippen LogP contribution in [0.4, 0.5) is 0 Å². The summed E-state index contributed by atoms with van der Waals surface area (Å²) in [5, 5.41) is 0. The molecule has 1 unspecified atom stereocenters. The Bertz CT molecular complexity index is 467. The van der Waals surface area contributed by atoms with E-state index in [2.05, 4.69) is 6.58 Å². The van der Waals surface area contributed by atoms with Crippen molar-refractivity contribution < 1.29 is 9.59 Å². The first-order chi connectivity index (χ1) is 14.2. The van der Waals surface area contributed by atoms with E-state index in [1.54, 1.807) is 0 Å². The van der Waals surface area contributed by atoms with E-state index in [-0.39, 0.29) is 17.7 Å². The van der Waals surface area contributed by atoms with Crippen molar-refractivity contribution in [1.29, 1.82) is 0 Å². The monoisotopic (exact) mass is 403 g/mol. The minimum atomic E-state index is -0.0987. The first kappa shape index (κ1) is 24.2. The third-order valence-electron chi connectivity index (χ3n) is 7.12. The Balaban J connectivity index is 1.82. The highest BCUT2D eigenvalue weighted by atomic mass is 16.2. The van der Waals surface area contributed by atoms with Crippen LogP contribution in [0.3, 0.4) is 0 Å². The predicted octanol–water partition coefficient (Wildman–Crippen LogP) is 7.55. The number of rotatable bonds is 2. The van der Waals surface area contributed by atoms with E-state index in [9.17, 15) is 9.59 Å². The molecule has 29 heavy (non-hydrogen) atoms. The van der Waals surface area contributed by atoms with Crippen LogP contribution >= 0.6 is 0 Å². The van der Waals surface area contributed by atoms with Crippen molar-refractivity contribution in [2.45, 2.75) is 128 Å². The normalized spacial score (nSPS) is 26.3. The van der Waals surface area contributed by atoms with Gasteiger partial charge in [0.15, 0.2) is 0 Å². The van der Waals surface area contributed by atoms with Gasteiger partial charge in [-0.15, -0.1) is 0 Å². The highest BCUT2D eigenvalue weighted by molar-refractivity contribution is 6.04. The van der Waals surface area contributed by atoms with E-state index in [0.29, 0.717) is 12.3 Å². The van der Waals surface area contributed by atoms with Gasteiger partial charge in [-0.2, -0.15) is 0 Å². The van der Waals surface area contributed by atoms with Crippen LogP contribution in [0.1, 0.15) is 128 Å². The van der Waals surface area contributed by atoms with Crippen molar-refractivity contribution in [2.24, 2.45) is 11.8 Å². The summed E-state index contributed by atoms with van der Waals surface area (Å²) in [5.74, 6) is 0.228. The molecule has 1 saturated carbocycles. The van der Waals surface area contributed by atoms with Gasteiger partial charge in [0, 0.05) is 12.6 Å². The number of imide groups is 1. The highest BCUT2D eigenvalue weighted by Crippen LogP contribution is 2.34. The summed E-state index contributed by atoms with van der Waals surface area (Å²) in [7, 11) is 0. The van der Waals surface area contributed by atoms with E-state index in [4.69, 9.17) is 0 Å². The smallest absolute Gasteiger partial charge is 0.237 e. The van der Waals surface area contributed by atoms with Gasteiger partial charge < -0.3 is 0 Å². The largest absolute Gasteiger partial charge is 0.274 e. The van der Waals surface area contributed by atoms with Gasteiger partial charge >= 0.3 is 0 Å². The highest BCUT2D eigenvalue weighted by Gasteiger charge is 2.41. The van der Waals surface area contributed by atoms with E-state index in [0.717, 1.165) is 12.8 Å². The summed E-state index contributed by atoms with van der Waals surface area (Å²) in [6.45, 7) is 3.65. The summed E-state index contributed by atoms with van der Waals surface area (Å²) < 4.78 is 0. The zero-order valence-electron chi connectivity index (χ0n) is 18.8. The minimum Gasteiger partial charge on any atom is -0.274 e. The van der Waals surface area contributed by atoms with Crippen LogP contribution in [-0.4, -0.2) is 16.7 Å². The fraction of sp³-hybridized carbons (Fsp3) is 0.846. The fourth-order valence-electron chi connectivity index (χ4n) is 5.25. The van der Waals surface area contributed by atoms with Gasteiger partial charge in [0.25, 0.3) is 0 Å². The average molecular weight is 404 g/mol. The molecule has 2 aliphatic rings. The predicted molar refractivity (Wildman–Crippen MR) is 121 cm³/mol. The fourth-order valence-corrected chi connectivity index (χ4v) is 5.25. The number of likely N-dealkylation sites (tertiary alicyclic amines) is 1. The molecule has 3 heteroatoms. The second-order valence-corrected chi connectivity index (χ2v) is 9.44. The lowest BCUT2D eigenvalue weighted by atomic mass is 9.82. The molecular weight excluding hydrogens is 358 g/mol. The van der Waals surface area contributed by atoms with Crippen LogP contribution in [0.15, 0.2) is 12.8 Å². The zero-order chi connectivity index (χ0) is 20.7. The second-order valence-electron chi connectivity index (χ2n) is 9.44. The van der Waals surface area contributed by atoms with Gasteiger partial charge in [0.1, 0.15) is 0 Å². The molecule has 0 N–H and O–H groups in total. The van der Waals surface area contributed by atoms with Crippen molar-refractivity contribution in [3.05, 3.63) is 12.8 Å². The third-order valence-corrected chi connectivity index (χ3v) is 7.12. The molecular formula is C26H45NO2. The molecule has 0 aromatic carbocycles. The van der Waals surface area contributed by atoms with Gasteiger partial charge in [0.05, 0.1) is 5.92 Å². The van der Waals surface area contributed by atoms with Crippen LogP contribution in [0.25, 0.3) is 0 Å². The van der Waals surface area contributed by atoms with E-state index >= 15 is 0 Å². The topological polar surface area (TPSA) is 37.4 Å². The van der Waals surface area contributed by atoms with Crippen molar-refractivity contribution in [3.63, 3.8) is 0 Å². The molecule has 1 aliphatic carbocycles. The maximum atomic E-state index is 12.7. The number of hydrogen-bond acceptors (Lipinski definition) is 2. The lowest BCUT2D eigenvalue weighted by molar-refractivity contribution is -0.136. The maximum absolute atomic E-state index is 12.7. The molecule has 2 amide bonds. The summed E-state index contributed by atoms with van der Waals surface area (Å²) in [6.07, 6.45) is 27.0. The summed E-state index contributed by atoms with van der Waals surface area (Å²) >= 11 is 0. The first-order valence-electron chi connectivity index (χ1n) is 12.7. The van der Waals surface area contributed by atoms with Crippen LogP contribution in [-0.2, 0) is 9.59 Å². The molecule has 0 bridgehead atoms. The Labute approximate surface area is 179 Å². The van der Waals surface area contributed by atoms with Crippen molar-refractivity contribution in [3.8, 4) is 0 Å². The van der Waals surface area contributed by atoms with Crippen LogP contribution in [0.5, 0.6) is 0 Å². The molecule has 0 aromatic rings. The summed E-state index contributed by atoms with van der Waals surface area (Å²) in [5.41, 5.74) is 0. The molecule has 1 atom stereocenters. The summed E-state index contributed by atoms with van der Waals surface area (Å²) in [6, 6.07) is 0. The SMILES string of the molecule is C=CN1C(=O)CC(C2CCCCCCCCCCCCCCCCCCC2)C1=O. The van der Waals surface area contributed by atoms with Gasteiger partial charge in [-0.25, -0.2) is 0 Å². The number of amides is 2. The Morgan fingerprint density at radius 3 is 1.28 bits per heavy atom.